The summed E-state index contributed by atoms with van der Waals surface area (Å²) in [6, 6.07) is 3.23. The van der Waals surface area contributed by atoms with Crippen LogP contribution in [-0.4, -0.2) is 32.7 Å². The van der Waals surface area contributed by atoms with Gasteiger partial charge in [0.2, 0.25) is 0 Å². The zero-order valence-corrected chi connectivity index (χ0v) is 11.2. The van der Waals surface area contributed by atoms with E-state index in [1.165, 1.54) is 0 Å². The van der Waals surface area contributed by atoms with Crippen LogP contribution < -0.4 is 5.32 Å². The lowest BCUT2D eigenvalue weighted by Gasteiger charge is -2.20. The summed E-state index contributed by atoms with van der Waals surface area (Å²) in [5, 5.41) is 10.6. The van der Waals surface area contributed by atoms with Crippen molar-refractivity contribution in [3.8, 4) is 0 Å². The van der Waals surface area contributed by atoms with Crippen LogP contribution in [0.4, 0.5) is 4.79 Å². The van der Waals surface area contributed by atoms with Gasteiger partial charge in [-0.25, -0.2) is 4.79 Å². The van der Waals surface area contributed by atoms with Gasteiger partial charge >= 0.3 is 6.03 Å². The molecule has 0 saturated carbocycles. The van der Waals surface area contributed by atoms with Gasteiger partial charge < -0.3 is 19.2 Å². The highest BCUT2D eigenvalue weighted by atomic mass is 16.3. The van der Waals surface area contributed by atoms with Crippen molar-refractivity contribution in [3.63, 3.8) is 0 Å². The van der Waals surface area contributed by atoms with Gasteiger partial charge in [-0.2, -0.15) is 0 Å². The molecule has 0 fully saturated rings. The van der Waals surface area contributed by atoms with E-state index in [1.54, 1.807) is 35.2 Å². The number of hydrogen-bond donors (Lipinski definition) is 1. The number of furan rings is 1. The van der Waals surface area contributed by atoms with Crippen molar-refractivity contribution >= 4 is 6.03 Å². The SMILES string of the molecule is C[C@@H](NC(=O)N(C)Cc1ccco1)c1nncn1C. The Morgan fingerprint density at radius 3 is 3.00 bits per heavy atom. The van der Waals surface area contributed by atoms with Crippen LogP contribution in [-0.2, 0) is 13.6 Å². The molecule has 7 heteroatoms. The van der Waals surface area contributed by atoms with E-state index in [0.717, 1.165) is 5.76 Å². The lowest BCUT2D eigenvalue weighted by Crippen LogP contribution is -2.38. The molecule has 1 N–H and O–H groups in total. The number of hydrogen-bond acceptors (Lipinski definition) is 4. The van der Waals surface area contributed by atoms with Gasteiger partial charge in [-0.3, -0.25) is 0 Å². The molecule has 7 nitrogen and oxygen atoms in total. The molecule has 102 valence electrons. The average Bonchev–Trinajstić information content (AvgIpc) is 3.00. The Morgan fingerprint density at radius 2 is 2.42 bits per heavy atom. The molecule has 0 aromatic carbocycles. The van der Waals surface area contributed by atoms with Crippen LogP contribution in [0.25, 0.3) is 0 Å². The van der Waals surface area contributed by atoms with Crippen molar-refractivity contribution in [2.45, 2.75) is 19.5 Å². The highest BCUT2D eigenvalue weighted by molar-refractivity contribution is 5.74. The van der Waals surface area contributed by atoms with Gasteiger partial charge in [-0.05, 0) is 19.1 Å². The van der Waals surface area contributed by atoms with Crippen molar-refractivity contribution in [1.29, 1.82) is 0 Å². The number of rotatable bonds is 4. The molecule has 0 unspecified atom stereocenters. The first-order valence-corrected chi connectivity index (χ1v) is 5.96. The summed E-state index contributed by atoms with van der Waals surface area (Å²) in [7, 11) is 3.55. The highest BCUT2D eigenvalue weighted by Gasteiger charge is 2.17. The summed E-state index contributed by atoms with van der Waals surface area (Å²) in [4.78, 5) is 13.5. The standard InChI is InChI=1S/C12H17N5O2/c1-9(11-15-13-8-17(11)3)14-12(18)16(2)7-10-5-4-6-19-10/h4-6,8-9H,7H2,1-3H3,(H,14,18)/t9-/m1/s1. The molecule has 0 spiro atoms. The van der Waals surface area contributed by atoms with E-state index in [2.05, 4.69) is 15.5 Å². The Hall–Kier alpha value is -2.31. The van der Waals surface area contributed by atoms with Crippen molar-refractivity contribution in [3.05, 3.63) is 36.3 Å². The predicted molar refractivity (Wildman–Crippen MR) is 68.1 cm³/mol. The van der Waals surface area contributed by atoms with Crippen molar-refractivity contribution in [2.24, 2.45) is 7.05 Å². The minimum atomic E-state index is -0.209. The Kier molecular flexibility index (Phi) is 3.84. The summed E-state index contributed by atoms with van der Waals surface area (Å²) in [6.45, 7) is 2.28. The molecule has 2 aromatic rings. The van der Waals surface area contributed by atoms with Gasteiger partial charge in [-0.1, -0.05) is 0 Å². The quantitative estimate of drug-likeness (QED) is 0.902. The summed E-state index contributed by atoms with van der Waals surface area (Å²) in [5.41, 5.74) is 0. The van der Waals surface area contributed by atoms with Crippen LogP contribution >= 0.6 is 0 Å². The van der Waals surface area contributed by atoms with Gasteiger partial charge in [0.05, 0.1) is 18.8 Å². The van der Waals surface area contributed by atoms with Crippen LogP contribution in [0.15, 0.2) is 29.1 Å². The molecule has 2 heterocycles. The van der Waals surface area contributed by atoms with Gasteiger partial charge in [0.25, 0.3) is 0 Å². The van der Waals surface area contributed by atoms with Crippen molar-refractivity contribution in [1.82, 2.24) is 25.0 Å². The molecule has 0 saturated heterocycles. The molecule has 1 atom stereocenters. The Morgan fingerprint density at radius 1 is 1.63 bits per heavy atom. The Balaban J connectivity index is 1.92. The number of aryl methyl sites for hydroxylation is 1. The predicted octanol–water partition coefficient (Wildman–Crippen LogP) is 1.31. The molecular weight excluding hydrogens is 246 g/mol. The van der Waals surface area contributed by atoms with Gasteiger partial charge in [0.15, 0.2) is 5.82 Å². The molecular formula is C12H17N5O2. The number of carbonyl (C=O) groups is 1. The third kappa shape index (κ3) is 3.12. The lowest BCUT2D eigenvalue weighted by atomic mass is 10.3. The smallest absolute Gasteiger partial charge is 0.318 e. The van der Waals surface area contributed by atoms with Crippen molar-refractivity contribution < 1.29 is 9.21 Å². The topological polar surface area (TPSA) is 76.2 Å². The number of urea groups is 1. The maximum atomic E-state index is 12.0. The highest BCUT2D eigenvalue weighted by Crippen LogP contribution is 2.09. The van der Waals surface area contributed by atoms with E-state index >= 15 is 0 Å². The normalized spacial score (nSPS) is 12.2. The third-order valence-corrected chi connectivity index (χ3v) is 2.79. The van der Waals surface area contributed by atoms with E-state index in [1.807, 2.05) is 20.0 Å². The van der Waals surface area contributed by atoms with Gasteiger partial charge in [0.1, 0.15) is 12.1 Å². The van der Waals surface area contributed by atoms with E-state index in [4.69, 9.17) is 4.42 Å². The molecule has 2 rings (SSSR count). The number of carbonyl (C=O) groups excluding carboxylic acids is 1. The molecule has 0 aliphatic carbocycles. The van der Waals surface area contributed by atoms with E-state index in [-0.39, 0.29) is 12.1 Å². The van der Waals surface area contributed by atoms with Gasteiger partial charge in [0, 0.05) is 14.1 Å². The molecule has 0 aliphatic rings. The molecule has 2 amide bonds. The minimum Gasteiger partial charge on any atom is -0.467 e. The zero-order valence-electron chi connectivity index (χ0n) is 11.2. The zero-order chi connectivity index (χ0) is 13.8. The second-order valence-electron chi connectivity index (χ2n) is 4.41. The molecule has 0 aliphatic heterocycles. The molecule has 2 aromatic heterocycles. The second kappa shape index (κ2) is 5.55. The number of aromatic nitrogens is 3. The molecule has 19 heavy (non-hydrogen) atoms. The second-order valence-corrected chi connectivity index (χ2v) is 4.41. The Bertz CT molecular complexity index is 534. The fourth-order valence-corrected chi connectivity index (χ4v) is 1.75. The first-order valence-electron chi connectivity index (χ1n) is 5.96. The maximum Gasteiger partial charge on any atom is 0.318 e. The number of nitrogens with one attached hydrogen (secondary N) is 1. The van der Waals surface area contributed by atoms with Crippen LogP contribution in [0.3, 0.4) is 0 Å². The van der Waals surface area contributed by atoms with Crippen LogP contribution in [0.2, 0.25) is 0 Å². The first-order chi connectivity index (χ1) is 9.08. The largest absolute Gasteiger partial charge is 0.467 e. The first kappa shape index (κ1) is 13.1. The molecule has 0 bridgehead atoms. The Labute approximate surface area is 111 Å². The number of amides is 2. The summed E-state index contributed by atoms with van der Waals surface area (Å²) in [5.74, 6) is 1.45. The van der Waals surface area contributed by atoms with Gasteiger partial charge in [-0.15, -0.1) is 10.2 Å². The third-order valence-electron chi connectivity index (χ3n) is 2.79. The summed E-state index contributed by atoms with van der Waals surface area (Å²) in [6.07, 6.45) is 3.19. The van der Waals surface area contributed by atoms with E-state index in [0.29, 0.717) is 12.4 Å². The number of nitrogens with zero attached hydrogens (tertiary/aromatic N) is 4. The minimum absolute atomic E-state index is 0.188. The monoisotopic (exact) mass is 263 g/mol. The van der Waals surface area contributed by atoms with Crippen molar-refractivity contribution in [2.75, 3.05) is 7.05 Å². The lowest BCUT2D eigenvalue weighted by molar-refractivity contribution is 0.199. The average molecular weight is 263 g/mol. The van der Waals surface area contributed by atoms with Crippen LogP contribution in [0.1, 0.15) is 24.6 Å². The van der Waals surface area contributed by atoms with Crippen LogP contribution in [0.5, 0.6) is 0 Å². The summed E-state index contributed by atoms with van der Waals surface area (Å²) < 4.78 is 6.98. The maximum absolute atomic E-state index is 12.0. The summed E-state index contributed by atoms with van der Waals surface area (Å²) >= 11 is 0. The van der Waals surface area contributed by atoms with Crippen LogP contribution in [0, 0.1) is 0 Å². The fourth-order valence-electron chi connectivity index (χ4n) is 1.75. The van der Waals surface area contributed by atoms with E-state index < -0.39 is 0 Å². The molecule has 0 radical (unpaired) electrons. The fraction of sp³-hybridized carbons (Fsp3) is 0.417. The van der Waals surface area contributed by atoms with E-state index in [9.17, 15) is 4.79 Å².